The molecule has 78 valence electrons. The number of nitrogens with one attached hydrogen (secondary N) is 1. The average molecular weight is 184 g/mol. The number of hydrogen-bond acceptors (Lipinski definition) is 2. The molecule has 1 aliphatic carbocycles. The first kappa shape index (κ1) is 11.0. The molecule has 0 spiro atoms. The van der Waals surface area contributed by atoms with Crippen LogP contribution >= 0.6 is 0 Å². The molecule has 2 heteroatoms. The molecular formula is C11H24N2. The van der Waals surface area contributed by atoms with E-state index in [1.807, 2.05) is 0 Å². The van der Waals surface area contributed by atoms with E-state index in [1.165, 1.54) is 32.2 Å². The van der Waals surface area contributed by atoms with Gasteiger partial charge in [-0.15, -0.1) is 0 Å². The number of rotatable bonds is 5. The Kier molecular flexibility index (Phi) is 4.20. The lowest BCUT2D eigenvalue weighted by Gasteiger charge is -2.23. The smallest absolute Gasteiger partial charge is 0.00147 e. The molecule has 0 heterocycles. The summed E-state index contributed by atoms with van der Waals surface area (Å²) in [5.74, 6) is 0.938. The summed E-state index contributed by atoms with van der Waals surface area (Å²) in [5.41, 5.74) is 5.92. The Labute approximate surface area is 82.3 Å². The second-order valence-corrected chi connectivity index (χ2v) is 5.15. The van der Waals surface area contributed by atoms with Crippen LogP contribution in [0.15, 0.2) is 0 Å². The monoisotopic (exact) mass is 184 g/mol. The van der Waals surface area contributed by atoms with Crippen molar-refractivity contribution >= 4 is 0 Å². The van der Waals surface area contributed by atoms with Crippen LogP contribution in [0.3, 0.4) is 0 Å². The van der Waals surface area contributed by atoms with Crippen LogP contribution in [0.4, 0.5) is 0 Å². The molecule has 1 saturated carbocycles. The summed E-state index contributed by atoms with van der Waals surface area (Å²) in [4.78, 5) is 0. The van der Waals surface area contributed by atoms with Gasteiger partial charge in [-0.05, 0) is 37.3 Å². The molecule has 0 atom stereocenters. The van der Waals surface area contributed by atoms with Crippen molar-refractivity contribution in [3.05, 3.63) is 0 Å². The minimum Gasteiger partial charge on any atom is -0.330 e. The lowest BCUT2D eigenvalue weighted by molar-refractivity contribution is 0.336. The highest BCUT2D eigenvalue weighted by Gasteiger charge is 2.18. The summed E-state index contributed by atoms with van der Waals surface area (Å²) < 4.78 is 0. The van der Waals surface area contributed by atoms with Gasteiger partial charge in [0, 0.05) is 6.54 Å². The van der Waals surface area contributed by atoms with Crippen LogP contribution < -0.4 is 11.1 Å². The maximum Gasteiger partial charge on any atom is 0.00147 e. The Morgan fingerprint density at radius 3 is 2.46 bits per heavy atom. The van der Waals surface area contributed by atoms with E-state index in [1.54, 1.807) is 0 Å². The fourth-order valence-electron chi connectivity index (χ4n) is 1.90. The number of hydrogen-bond donors (Lipinski definition) is 2. The van der Waals surface area contributed by atoms with Crippen LogP contribution in [-0.2, 0) is 0 Å². The third-order valence-electron chi connectivity index (χ3n) is 3.06. The van der Waals surface area contributed by atoms with Crippen molar-refractivity contribution in [3.63, 3.8) is 0 Å². The van der Waals surface area contributed by atoms with E-state index < -0.39 is 0 Å². The normalized spacial score (nSPS) is 19.6. The highest BCUT2D eigenvalue weighted by Crippen LogP contribution is 2.23. The van der Waals surface area contributed by atoms with Gasteiger partial charge in [0.05, 0.1) is 0 Å². The molecule has 0 amide bonds. The molecule has 0 aromatic carbocycles. The maximum absolute atomic E-state index is 5.66. The molecule has 3 N–H and O–H groups in total. The third-order valence-corrected chi connectivity index (χ3v) is 3.06. The molecule has 0 aliphatic heterocycles. The second kappa shape index (κ2) is 4.97. The highest BCUT2D eigenvalue weighted by molar-refractivity contribution is 4.75. The fourth-order valence-corrected chi connectivity index (χ4v) is 1.90. The summed E-state index contributed by atoms with van der Waals surface area (Å²) in [7, 11) is 0. The van der Waals surface area contributed by atoms with Crippen LogP contribution in [0.2, 0.25) is 0 Å². The van der Waals surface area contributed by atoms with Crippen LogP contribution in [0, 0.1) is 11.3 Å². The summed E-state index contributed by atoms with van der Waals surface area (Å²) in [6, 6.07) is 0. The van der Waals surface area contributed by atoms with E-state index in [0.717, 1.165) is 19.0 Å². The molecular weight excluding hydrogens is 160 g/mol. The van der Waals surface area contributed by atoms with Gasteiger partial charge in [0.1, 0.15) is 0 Å². The lowest BCUT2D eigenvalue weighted by Crippen LogP contribution is -2.37. The average Bonchev–Trinajstić information content (AvgIpc) is 2.57. The van der Waals surface area contributed by atoms with Crippen LogP contribution in [0.25, 0.3) is 0 Å². The van der Waals surface area contributed by atoms with Crippen molar-refractivity contribution in [1.29, 1.82) is 0 Å². The molecule has 0 bridgehead atoms. The molecule has 0 aromatic rings. The Balaban J connectivity index is 2.06. The van der Waals surface area contributed by atoms with Gasteiger partial charge < -0.3 is 11.1 Å². The maximum atomic E-state index is 5.66. The molecule has 0 aromatic heterocycles. The minimum atomic E-state index is 0.263. The molecule has 1 fully saturated rings. The first-order valence-electron chi connectivity index (χ1n) is 5.55. The summed E-state index contributed by atoms with van der Waals surface area (Å²) >= 11 is 0. The predicted octanol–water partition coefficient (Wildman–Crippen LogP) is 1.75. The SMILES string of the molecule is CC(C)(CN)CNCC1CCCC1. The molecule has 2 nitrogen and oxygen atoms in total. The molecule has 0 unspecified atom stereocenters. The highest BCUT2D eigenvalue weighted by atomic mass is 14.9. The standard InChI is InChI=1S/C11H24N2/c1-11(2,8-12)9-13-7-10-5-3-4-6-10/h10,13H,3-9,12H2,1-2H3. The molecule has 1 rings (SSSR count). The zero-order valence-corrected chi connectivity index (χ0v) is 9.10. The van der Waals surface area contributed by atoms with E-state index in [0.29, 0.717) is 0 Å². The summed E-state index contributed by atoms with van der Waals surface area (Å²) in [6.45, 7) is 7.46. The van der Waals surface area contributed by atoms with Gasteiger partial charge in [0.2, 0.25) is 0 Å². The van der Waals surface area contributed by atoms with Crippen molar-refractivity contribution in [1.82, 2.24) is 5.32 Å². The molecule has 1 aliphatic rings. The van der Waals surface area contributed by atoms with Gasteiger partial charge in [0.25, 0.3) is 0 Å². The Morgan fingerprint density at radius 1 is 1.31 bits per heavy atom. The quantitative estimate of drug-likeness (QED) is 0.683. The molecule has 0 radical (unpaired) electrons. The van der Waals surface area contributed by atoms with Crippen LogP contribution in [0.1, 0.15) is 39.5 Å². The van der Waals surface area contributed by atoms with Gasteiger partial charge in [-0.1, -0.05) is 26.7 Å². The summed E-state index contributed by atoms with van der Waals surface area (Å²) in [5, 5.41) is 3.54. The predicted molar refractivity (Wildman–Crippen MR) is 57.7 cm³/mol. The van der Waals surface area contributed by atoms with E-state index in [4.69, 9.17) is 5.73 Å². The third kappa shape index (κ3) is 4.10. The van der Waals surface area contributed by atoms with Crippen molar-refractivity contribution in [2.75, 3.05) is 19.6 Å². The van der Waals surface area contributed by atoms with Crippen molar-refractivity contribution in [2.24, 2.45) is 17.1 Å². The van der Waals surface area contributed by atoms with E-state index in [2.05, 4.69) is 19.2 Å². The second-order valence-electron chi connectivity index (χ2n) is 5.15. The van der Waals surface area contributed by atoms with E-state index >= 15 is 0 Å². The Bertz CT molecular complexity index is 137. The van der Waals surface area contributed by atoms with Crippen molar-refractivity contribution in [3.8, 4) is 0 Å². The molecule has 0 saturated heterocycles. The minimum absolute atomic E-state index is 0.263. The zero-order chi connectivity index (χ0) is 9.73. The van der Waals surface area contributed by atoms with Crippen molar-refractivity contribution in [2.45, 2.75) is 39.5 Å². The van der Waals surface area contributed by atoms with Crippen molar-refractivity contribution < 1.29 is 0 Å². The van der Waals surface area contributed by atoms with Crippen LogP contribution in [0.5, 0.6) is 0 Å². The Hall–Kier alpha value is -0.0800. The molecule has 13 heavy (non-hydrogen) atoms. The van der Waals surface area contributed by atoms with E-state index in [9.17, 15) is 0 Å². The fraction of sp³-hybridized carbons (Fsp3) is 1.00. The van der Waals surface area contributed by atoms with E-state index in [-0.39, 0.29) is 5.41 Å². The van der Waals surface area contributed by atoms with Gasteiger partial charge in [-0.25, -0.2) is 0 Å². The topological polar surface area (TPSA) is 38.0 Å². The Morgan fingerprint density at radius 2 is 1.92 bits per heavy atom. The van der Waals surface area contributed by atoms with Gasteiger partial charge in [-0.3, -0.25) is 0 Å². The lowest BCUT2D eigenvalue weighted by atomic mass is 9.93. The van der Waals surface area contributed by atoms with Gasteiger partial charge in [0.15, 0.2) is 0 Å². The number of nitrogens with two attached hydrogens (primary N) is 1. The van der Waals surface area contributed by atoms with Gasteiger partial charge >= 0.3 is 0 Å². The first-order chi connectivity index (χ1) is 6.14. The summed E-state index contributed by atoms with van der Waals surface area (Å²) in [6.07, 6.45) is 5.73. The zero-order valence-electron chi connectivity index (χ0n) is 9.10. The van der Waals surface area contributed by atoms with Crippen LogP contribution in [-0.4, -0.2) is 19.6 Å². The van der Waals surface area contributed by atoms with Gasteiger partial charge in [-0.2, -0.15) is 0 Å². The largest absolute Gasteiger partial charge is 0.330 e. The first-order valence-corrected chi connectivity index (χ1v) is 5.55.